The van der Waals surface area contributed by atoms with E-state index in [4.69, 9.17) is 0 Å². The molecule has 11 heavy (non-hydrogen) atoms. The molecule has 1 aliphatic heterocycles. The summed E-state index contributed by atoms with van der Waals surface area (Å²) in [5.41, 5.74) is 0. The molecule has 0 amide bonds. The largest absolute Gasteiger partial charge is 0.135 e. The molecular formula is C7H12S4. The Labute approximate surface area is 87.8 Å². The van der Waals surface area contributed by atoms with Gasteiger partial charge in [0.1, 0.15) is 0 Å². The van der Waals surface area contributed by atoms with Crippen LogP contribution < -0.4 is 0 Å². The van der Waals surface area contributed by atoms with Crippen LogP contribution in [0.3, 0.4) is 0 Å². The van der Waals surface area contributed by atoms with Crippen LogP contribution >= 0.6 is 48.8 Å². The zero-order valence-electron chi connectivity index (χ0n) is 6.57. The first kappa shape index (κ1) is 10.2. The van der Waals surface area contributed by atoms with Crippen molar-refractivity contribution in [2.24, 2.45) is 0 Å². The monoisotopic (exact) mass is 224 g/mol. The normalized spacial score (nSPS) is 33.8. The number of thiol groups is 2. The quantitative estimate of drug-likeness (QED) is 0.603. The highest BCUT2D eigenvalue weighted by Crippen LogP contribution is 2.43. The van der Waals surface area contributed by atoms with E-state index in [9.17, 15) is 0 Å². The highest BCUT2D eigenvalue weighted by atomic mass is 32.2. The van der Waals surface area contributed by atoms with Gasteiger partial charge in [0.05, 0.1) is 8.47 Å². The summed E-state index contributed by atoms with van der Waals surface area (Å²) >= 11 is 12.4. The van der Waals surface area contributed by atoms with Gasteiger partial charge in [0.2, 0.25) is 0 Å². The van der Waals surface area contributed by atoms with Crippen LogP contribution in [-0.2, 0) is 0 Å². The number of hydrogen-bond acceptors (Lipinski definition) is 4. The van der Waals surface area contributed by atoms with Gasteiger partial charge in [-0.05, 0) is 6.42 Å². The molecular weight excluding hydrogens is 212 g/mol. The van der Waals surface area contributed by atoms with Crippen molar-refractivity contribution in [1.29, 1.82) is 0 Å². The topological polar surface area (TPSA) is 0 Å². The van der Waals surface area contributed by atoms with Crippen molar-refractivity contribution in [1.82, 2.24) is 0 Å². The summed E-state index contributed by atoms with van der Waals surface area (Å²) < 4.78 is 2.16. The summed E-state index contributed by atoms with van der Waals surface area (Å²) in [6.07, 6.45) is 1.24. The summed E-state index contributed by atoms with van der Waals surface area (Å²) in [4.78, 5) is 0. The van der Waals surface area contributed by atoms with Crippen LogP contribution in [-0.4, -0.2) is 10.5 Å². The lowest BCUT2D eigenvalue weighted by atomic mass is 10.3. The van der Waals surface area contributed by atoms with E-state index < -0.39 is 0 Å². The van der Waals surface area contributed by atoms with E-state index >= 15 is 0 Å². The molecule has 0 aromatic rings. The Morgan fingerprint density at radius 2 is 1.45 bits per heavy atom. The second kappa shape index (κ2) is 4.40. The molecule has 0 aromatic heterocycles. The van der Waals surface area contributed by atoms with Gasteiger partial charge in [-0.15, -0.1) is 48.8 Å². The van der Waals surface area contributed by atoms with Gasteiger partial charge in [-0.2, -0.15) is 0 Å². The first-order valence-electron chi connectivity index (χ1n) is 3.55. The van der Waals surface area contributed by atoms with Crippen molar-refractivity contribution in [3.8, 4) is 0 Å². The smallest absolute Gasteiger partial charge is 0.0572 e. The second-order valence-corrected chi connectivity index (χ2v) is 7.10. The predicted octanol–water partition coefficient (Wildman–Crippen LogP) is 3.62. The van der Waals surface area contributed by atoms with Crippen molar-refractivity contribution in [2.75, 3.05) is 0 Å². The Hall–Kier alpha value is 1.14. The summed E-state index contributed by atoms with van der Waals surface area (Å²) in [5, 5.41) is 1.35. The molecule has 4 heteroatoms. The van der Waals surface area contributed by atoms with Gasteiger partial charge in [0.15, 0.2) is 0 Å². The van der Waals surface area contributed by atoms with Crippen molar-refractivity contribution in [3.05, 3.63) is 8.47 Å². The maximum absolute atomic E-state index is 4.37. The molecule has 0 fully saturated rings. The first-order chi connectivity index (χ1) is 5.09. The van der Waals surface area contributed by atoms with Crippen LogP contribution in [0.5, 0.6) is 0 Å². The molecule has 0 bridgehead atoms. The minimum absolute atomic E-state index is 0.676. The fraction of sp³-hybridized carbons (Fsp3) is 0.714. The Bertz CT molecular complexity index is 157. The van der Waals surface area contributed by atoms with E-state index in [1.165, 1.54) is 6.42 Å². The zero-order chi connectivity index (χ0) is 8.43. The van der Waals surface area contributed by atoms with E-state index in [1.54, 1.807) is 0 Å². The van der Waals surface area contributed by atoms with Gasteiger partial charge in [0, 0.05) is 10.5 Å². The van der Waals surface area contributed by atoms with Crippen molar-refractivity contribution >= 4 is 48.8 Å². The van der Waals surface area contributed by atoms with Crippen LogP contribution in [0.4, 0.5) is 0 Å². The second-order valence-electron chi connectivity index (χ2n) is 2.70. The first-order valence-corrected chi connectivity index (χ1v) is 6.20. The SMILES string of the molecule is CC1CC(C)SC(S)=C(S)S1. The Kier molecular flexibility index (Phi) is 4.09. The average molecular weight is 224 g/mol. The molecule has 0 radical (unpaired) electrons. The van der Waals surface area contributed by atoms with Crippen LogP contribution in [0, 0.1) is 0 Å². The summed E-state index contributed by atoms with van der Waals surface area (Å²) in [5.74, 6) is 0. The highest BCUT2D eigenvalue weighted by Gasteiger charge is 2.17. The predicted molar refractivity (Wildman–Crippen MR) is 63.7 cm³/mol. The van der Waals surface area contributed by atoms with Gasteiger partial charge in [-0.1, -0.05) is 13.8 Å². The van der Waals surface area contributed by atoms with Gasteiger partial charge in [0.25, 0.3) is 0 Å². The molecule has 0 nitrogen and oxygen atoms in total. The Morgan fingerprint density at radius 1 is 1.09 bits per heavy atom. The van der Waals surface area contributed by atoms with Gasteiger partial charge < -0.3 is 0 Å². The molecule has 0 saturated heterocycles. The van der Waals surface area contributed by atoms with Gasteiger partial charge >= 0.3 is 0 Å². The van der Waals surface area contributed by atoms with E-state index in [2.05, 4.69) is 39.1 Å². The van der Waals surface area contributed by atoms with E-state index in [-0.39, 0.29) is 0 Å². The molecule has 64 valence electrons. The van der Waals surface area contributed by atoms with Crippen LogP contribution in [0.25, 0.3) is 0 Å². The molecule has 2 atom stereocenters. The number of hydrogen-bond donors (Lipinski definition) is 2. The minimum Gasteiger partial charge on any atom is -0.135 e. The molecule has 1 heterocycles. The summed E-state index contributed by atoms with van der Waals surface area (Å²) in [7, 11) is 0. The molecule has 2 unspecified atom stereocenters. The molecule has 0 spiro atoms. The van der Waals surface area contributed by atoms with E-state index in [0.717, 1.165) is 8.47 Å². The van der Waals surface area contributed by atoms with E-state index in [0.29, 0.717) is 10.5 Å². The third kappa shape index (κ3) is 3.17. The minimum atomic E-state index is 0.676. The molecule has 0 saturated carbocycles. The molecule has 0 aliphatic carbocycles. The van der Waals surface area contributed by atoms with Crippen molar-refractivity contribution < 1.29 is 0 Å². The molecule has 0 N–H and O–H groups in total. The lowest BCUT2D eigenvalue weighted by Gasteiger charge is -2.09. The van der Waals surface area contributed by atoms with Crippen molar-refractivity contribution in [2.45, 2.75) is 30.8 Å². The zero-order valence-corrected chi connectivity index (χ0v) is 9.99. The molecule has 1 rings (SSSR count). The van der Waals surface area contributed by atoms with Crippen molar-refractivity contribution in [3.63, 3.8) is 0 Å². The summed E-state index contributed by atoms with van der Waals surface area (Å²) in [6.45, 7) is 4.48. The third-order valence-electron chi connectivity index (χ3n) is 1.47. The molecule has 0 aromatic carbocycles. The lowest BCUT2D eigenvalue weighted by molar-refractivity contribution is 0.808. The van der Waals surface area contributed by atoms with Crippen LogP contribution in [0.15, 0.2) is 8.47 Å². The fourth-order valence-corrected chi connectivity index (χ4v) is 4.59. The lowest BCUT2D eigenvalue weighted by Crippen LogP contribution is -2.03. The van der Waals surface area contributed by atoms with Crippen LogP contribution in [0.2, 0.25) is 0 Å². The number of rotatable bonds is 0. The highest BCUT2D eigenvalue weighted by molar-refractivity contribution is 8.22. The fourth-order valence-electron chi connectivity index (χ4n) is 1.05. The Morgan fingerprint density at radius 3 is 1.82 bits per heavy atom. The third-order valence-corrected chi connectivity index (χ3v) is 5.20. The average Bonchev–Trinajstić information content (AvgIpc) is 1.93. The maximum Gasteiger partial charge on any atom is 0.0572 e. The summed E-state index contributed by atoms with van der Waals surface area (Å²) in [6, 6.07) is 0. The van der Waals surface area contributed by atoms with Gasteiger partial charge in [-0.3, -0.25) is 0 Å². The van der Waals surface area contributed by atoms with Gasteiger partial charge in [-0.25, -0.2) is 0 Å². The standard InChI is InChI=1S/C7H12S4/c1-4-3-5(2)11-7(9)6(8)10-4/h4-5,8-9H,3H2,1-2H3. The van der Waals surface area contributed by atoms with E-state index in [1.807, 2.05) is 23.5 Å². The van der Waals surface area contributed by atoms with Crippen LogP contribution in [0.1, 0.15) is 20.3 Å². The maximum atomic E-state index is 4.37. The number of thioether (sulfide) groups is 2. The Balaban J connectivity index is 2.69. The molecule has 1 aliphatic rings.